The van der Waals surface area contributed by atoms with Crippen LogP contribution in [-0.4, -0.2) is 58.1 Å². The zero-order valence-corrected chi connectivity index (χ0v) is 19.1. The lowest BCUT2D eigenvalue weighted by atomic mass is 10.0. The Kier molecular flexibility index (Phi) is 6.14. The molecule has 1 aliphatic rings. The van der Waals surface area contributed by atoms with Crippen molar-refractivity contribution in [2.45, 2.75) is 18.7 Å². The van der Waals surface area contributed by atoms with E-state index in [9.17, 15) is 13.6 Å². The van der Waals surface area contributed by atoms with E-state index in [2.05, 4.69) is 5.16 Å². The number of hydrogen-bond donors (Lipinski definition) is 0. The third-order valence-electron chi connectivity index (χ3n) is 5.62. The maximum atomic E-state index is 13.1. The molecule has 32 heavy (non-hydrogen) atoms. The zero-order chi connectivity index (χ0) is 22.9. The number of ether oxygens (including phenoxy) is 1. The summed E-state index contributed by atoms with van der Waals surface area (Å²) >= 11 is 0. The molecule has 1 unspecified atom stereocenters. The van der Waals surface area contributed by atoms with Gasteiger partial charge < -0.3 is 18.7 Å². The van der Waals surface area contributed by atoms with E-state index in [0.29, 0.717) is 24.3 Å². The molecule has 3 aromatic rings. The monoisotopic (exact) mass is 455 g/mol. The third-order valence-corrected chi connectivity index (χ3v) is 7.76. The van der Waals surface area contributed by atoms with Crippen molar-refractivity contribution in [2.75, 3.05) is 33.3 Å². The standard InChI is InChI=1S/C23H25N3O5S/c1-16-22(17(2)31-24-16)32(28,29)26-13-11-25(12-14-26)23(27)19-8-6-7-18(15-19)20-9-4-5-10-21(20)30-3/h4-10,15H,11-14H2,1-3H3. The molecular weight excluding hydrogens is 430 g/mol. The van der Waals surface area contributed by atoms with Crippen LogP contribution in [0.1, 0.15) is 21.8 Å². The Labute approximate surface area is 188 Å². The van der Waals surface area contributed by atoms with Crippen LogP contribution in [-0.2, 0) is 14.6 Å². The zero-order valence-electron chi connectivity index (χ0n) is 18.2. The first-order valence-electron chi connectivity index (χ1n) is 10.3. The van der Waals surface area contributed by atoms with Gasteiger partial charge >= 0.3 is 0 Å². The Morgan fingerprint density at radius 3 is 2.47 bits per heavy atom. The Morgan fingerprint density at radius 1 is 1.09 bits per heavy atom. The summed E-state index contributed by atoms with van der Waals surface area (Å²) < 4.78 is 37.9. The first-order chi connectivity index (χ1) is 15.3. The van der Waals surface area contributed by atoms with E-state index >= 15 is 0 Å². The summed E-state index contributed by atoms with van der Waals surface area (Å²) in [5, 5.41) is 3.75. The molecule has 0 N–H and O–H groups in total. The van der Waals surface area contributed by atoms with Crippen LogP contribution in [0, 0.1) is 13.8 Å². The van der Waals surface area contributed by atoms with E-state index in [0.717, 1.165) is 16.9 Å². The highest BCUT2D eigenvalue weighted by molar-refractivity contribution is 7.95. The molecule has 1 amide bonds. The molecule has 4 rings (SSSR count). The lowest BCUT2D eigenvalue weighted by Crippen LogP contribution is -2.52. The summed E-state index contributed by atoms with van der Waals surface area (Å²) in [6.07, 6.45) is 0. The van der Waals surface area contributed by atoms with Crippen LogP contribution >= 0.6 is 0 Å². The lowest BCUT2D eigenvalue weighted by Gasteiger charge is -2.35. The lowest BCUT2D eigenvalue weighted by molar-refractivity contribution is 0.0693. The van der Waals surface area contributed by atoms with E-state index < -0.39 is 10.4 Å². The number of para-hydroxylation sites is 1. The van der Waals surface area contributed by atoms with Gasteiger partial charge in [0.1, 0.15) is 11.4 Å². The Morgan fingerprint density at radius 2 is 1.81 bits per heavy atom. The van der Waals surface area contributed by atoms with Gasteiger partial charge in [-0.1, -0.05) is 39.7 Å². The Balaban J connectivity index is 1.49. The fourth-order valence-electron chi connectivity index (χ4n) is 3.99. The summed E-state index contributed by atoms with van der Waals surface area (Å²) in [6, 6.07) is 15.0. The second-order valence-electron chi connectivity index (χ2n) is 7.63. The van der Waals surface area contributed by atoms with Gasteiger partial charge in [0.15, 0.2) is 16.2 Å². The molecule has 0 saturated carbocycles. The Bertz CT molecular complexity index is 1160. The van der Waals surface area contributed by atoms with E-state index in [4.69, 9.17) is 9.26 Å². The van der Waals surface area contributed by atoms with Crippen molar-refractivity contribution in [1.29, 1.82) is 0 Å². The number of benzene rings is 2. The van der Waals surface area contributed by atoms with E-state index in [-0.39, 0.29) is 29.7 Å². The van der Waals surface area contributed by atoms with Crippen LogP contribution < -0.4 is 4.74 Å². The van der Waals surface area contributed by atoms with E-state index in [1.807, 2.05) is 42.5 Å². The number of carbonyl (C=O) groups excluding carboxylic acids is 1. The van der Waals surface area contributed by atoms with Crippen molar-refractivity contribution in [3.05, 3.63) is 65.5 Å². The minimum absolute atomic E-state index is 0.113. The highest BCUT2D eigenvalue weighted by Crippen LogP contribution is 2.31. The predicted octanol–water partition coefficient (Wildman–Crippen LogP) is 3.33. The topological polar surface area (TPSA) is 98.9 Å². The van der Waals surface area contributed by atoms with Crippen molar-refractivity contribution < 1.29 is 22.8 Å². The summed E-state index contributed by atoms with van der Waals surface area (Å²) in [5.74, 6) is 0.875. The average Bonchev–Trinajstić information content (AvgIpc) is 3.17. The molecular formula is C23H25N3O5S. The van der Waals surface area contributed by atoms with Gasteiger partial charge in [-0.05, 0) is 30.7 Å². The summed E-state index contributed by atoms with van der Waals surface area (Å²) in [4.78, 5) is 14.9. The molecule has 2 heterocycles. The molecule has 1 saturated heterocycles. The molecule has 8 nitrogen and oxygen atoms in total. The maximum Gasteiger partial charge on any atom is 0.253 e. The van der Waals surface area contributed by atoms with Gasteiger partial charge in [-0.15, -0.1) is 4.31 Å². The quantitative estimate of drug-likeness (QED) is 0.547. The Hall–Kier alpha value is -3.01. The number of rotatable bonds is 5. The van der Waals surface area contributed by atoms with Gasteiger partial charge in [0, 0.05) is 31.1 Å². The van der Waals surface area contributed by atoms with Crippen LogP contribution in [0.15, 0.2) is 57.9 Å². The number of piperazine rings is 1. The van der Waals surface area contributed by atoms with Crippen molar-refractivity contribution in [2.24, 2.45) is 0 Å². The normalized spacial score (nSPS) is 16.6. The largest absolute Gasteiger partial charge is 0.593 e. The molecule has 1 aliphatic heterocycles. The van der Waals surface area contributed by atoms with Gasteiger partial charge in [0.05, 0.1) is 20.2 Å². The van der Waals surface area contributed by atoms with Crippen molar-refractivity contribution in [1.82, 2.24) is 14.4 Å². The van der Waals surface area contributed by atoms with Crippen molar-refractivity contribution in [3.8, 4) is 16.9 Å². The van der Waals surface area contributed by atoms with Gasteiger partial charge in [-0.25, -0.2) is 0 Å². The van der Waals surface area contributed by atoms with Gasteiger partial charge in [0.2, 0.25) is 4.90 Å². The van der Waals surface area contributed by atoms with Crippen molar-refractivity contribution in [3.63, 3.8) is 0 Å². The molecule has 168 valence electrons. The van der Waals surface area contributed by atoms with E-state index in [1.165, 1.54) is 4.31 Å². The summed E-state index contributed by atoms with van der Waals surface area (Å²) in [7, 11) is -2.10. The number of carbonyl (C=O) groups is 1. The van der Waals surface area contributed by atoms with Crippen LogP contribution in [0.2, 0.25) is 0 Å². The molecule has 0 radical (unpaired) electrons. The van der Waals surface area contributed by atoms with Crippen LogP contribution in [0.4, 0.5) is 0 Å². The maximum absolute atomic E-state index is 13.1. The second kappa shape index (κ2) is 8.85. The molecule has 2 aromatic carbocycles. The number of nitrogens with zero attached hydrogens (tertiary/aromatic N) is 3. The van der Waals surface area contributed by atoms with Gasteiger partial charge in [-0.3, -0.25) is 4.79 Å². The number of hydrogen-bond acceptors (Lipinski definition) is 6. The first kappa shape index (κ1) is 22.2. The molecule has 1 fully saturated rings. The number of aryl methyl sites for hydroxylation is 2. The van der Waals surface area contributed by atoms with E-state index in [1.54, 1.807) is 31.9 Å². The SMILES string of the molecule is COc1ccccc1-c1cccc(C(=O)N2CCN([S+](=O)([O-])c3c(C)noc3C)CC2)c1. The molecule has 0 bridgehead atoms. The smallest absolute Gasteiger partial charge is 0.253 e. The minimum atomic E-state index is -3.72. The summed E-state index contributed by atoms with van der Waals surface area (Å²) in [5.41, 5.74) is 2.68. The van der Waals surface area contributed by atoms with Crippen molar-refractivity contribution >= 4 is 16.3 Å². The molecule has 0 spiro atoms. The number of sulfonamides is 1. The predicted molar refractivity (Wildman–Crippen MR) is 119 cm³/mol. The minimum Gasteiger partial charge on any atom is -0.593 e. The molecule has 1 aromatic heterocycles. The fourth-order valence-corrected chi connectivity index (χ4v) is 5.70. The average molecular weight is 456 g/mol. The third kappa shape index (κ3) is 4.06. The second-order valence-corrected chi connectivity index (χ2v) is 9.51. The first-order valence-corrected chi connectivity index (χ1v) is 11.7. The fraction of sp³-hybridized carbons (Fsp3) is 0.304. The highest BCUT2D eigenvalue weighted by atomic mass is 32.3. The summed E-state index contributed by atoms with van der Waals surface area (Å²) in [6.45, 7) is 4.23. The number of aromatic nitrogens is 1. The van der Waals surface area contributed by atoms with Crippen LogP contribution in [0.5, 0.6) is 5.75 Å². The van der Waals surface area contributed by atoms with Gasteiger partial charge in [0.25, 0.3) is 5.91 Å². The molecule has 1 atom stereocenters. The molecule has 9 heteroatoms. The number of methoxy groups -OCH3 is 1. The number of amides is 1. The van der Waals surface area contributed by atoms with Crippen LogP contribution in [0.25, 0.3) is 11.1 Å². The molecule has 0 aliphatic carbocycles. The van der Waals surface area contributed by atoms with Gasteiger partial charge in [-0.2, -0.15) is 0 Å². The highest BCUT2D eigenvalue weighted by Gasteiger charge is 2.39. The van der Waals surface area contributed by atoms with Crippen LogP contribution in [0.3, 0.4) is 0 Å².